The fourth-order valence-corrected chi connectivity index (χ4v) is 2.33. The third kappa shape index (κ3) is 3.87. The van der Waals surface area contributed by atoms with Gasteiger partial charge in [0.25, 0.3) is 0 Å². The van der Waals surface area contributed by atoms with Gasteiger partial charge >= 0.3 is 0 Å². The molecule has 0 fully saturated rings. The van der Waals surface area contributed by atoms with Crippen LogP contribution in [-0.2, 0) is 4.74 Å². The maximum absolute atomic E-state index is 6.43. The Hall–Kier alpha value is -1.26. The van der Waals surface area contributed by atoms with Gasteiger partial charge in [0.2, 0.25) is 0 Å². The molecule has 2 atom stereocenters. The van der Waals surface area contributed by atoms with Gasteiger partial charge in [0.15, 0.2) is 0 Å². The van der Waals surface area contributed by atoms with Gasteiger partial charge in [-0.25, -0.2) is 0 Å². The van der Waals surface area contributed by atoms with E-state index in [0.717, 1.165) is 17.1 Å². The minimum atomic E-state index is -0.254. The number of methoxy groups -OCH3 is 2. The van der Waals surface area contributed by atoms with Gasteiger partial charge in [0, 0.05) is 18.2 Å². The zero-order valence-electron chi connectivity index (χ0n) is 13.4. The van der Waals surface area contributed by atoms with Gasteiger partial charge < -0.3 is 19.9 Å². The van der Waals surface area contributed by atoms with Gasteiger partial charge in [-0.3, -0.25) is 0 Å². The summed E-state index contributed by atoms with van der Waals surface area (Å²) >= 11 is 0. The van der Waals surface area contributed by atoms with Crippen LogP contribution < -0.4 is 15.2 Å². The number of hydrogen-bond donors (Lipinski definition) is 1. The Balaban J connectivity index is 3.14. The highest BCUT2D eigenvalue weighted by Crippen LogP contribution is 2.36. The Kier molecular flexibility index (Phi) is 5.84. The topological polar surface area (TPSA) is 53.7 Å². The third-order valence-electron chi connectivity index (χ3n) is 3.33. The lowest BCUT2D eigenvalue weighted by molar-refractivity contribution is -0.0286. The van der Waals surface area contributed by atoms with E-state index >= 15 is 0 Å². The van der Waals surface area contributed by atoms with Crippen molar-refractivity contribution in [3.05, 3.63) is 23.8 Å². The second kappa shape index (κ2) is 6.95. The minimum Gasteiger partial charge on any atom is -0.497 e. The van der Waals surface area contributed by atoms with E-state index in [2.05, 4.69) is 20.8 Å². The van der Waals surface area contributed by atoms with Crippen molar-refractivity contribution in [2.24, 2.45) is 11.1 Å². The molecule has 20 heavy (non-hydrogen) atoms. The highest BCUT2D eigenvalue weighted by atomic mass is 16.5. The van der Waals surface area contributed by atoms with Crippen molar-refractivity contribution in [2.45, 2.75) is 39.8 Å². The van der Waals surface area contributed by atoms with Crippen LogP contribution in [-0.4, -0.2) is 26.9 Å². The number of rotatable bonds is 6. The highest BCUT2D eigenvalue weighted by molar-refractivity contribution is 5.43. The smallest absolute Gasteiger partial charge is 0.127 e. The van der Waals surface area contributed by atoms with Crippen molar-refractivity contribution < 1.29 is 14.2 Å². The first kappa shape index (κ1) is 16.8. The summed E-state index contributed by atoms with van der Waals surface area (Å²) in [4.78, 5) is 0. The van der Waals surface area contributed by atoms with Crippen molar-refractivity contribution >= 4 is 0 Å². The molecule has 4 nitrogen and oxygen atoms in total. The van der Waals surface area contributed by atoms with Crippen LogP contribution in [0.4, 0.5) is 0 Å². The van der Waals surface area contributed by atoms with Crippen LogP contribution in [0, 0.1) is 5.41 Å². The zero-order chi connectivity index (χ0) is 15.3. The first-order valence-corrected chi connectivity index (χ1v) is 6.94. The van der Waals surface area contributed by atoms with E-state index in [4.69, 9.17) is 19.9 Å². The van der Waals surface area contributed by atoms with Crippen molar-refractivity contribution in [3.8, 4) is 11.5 Å². The van der Waals surface area contributed by atoms with E-state index < -0.39 is 0 Å². The van der Waals surface area contributed by atoms with Crippen LogP contribution in [0.5, 0.6) is 11.5 Å². The fourth-order valence-electron chi connectivity index (χ4n) is 2.33. The van der Waals surface area contributed by atoms with E-state index in [1.807, 2.05) is 25.1 Å². The predicted octanol–water partition coefficient (Wildman–Crippen LogP) is 3.15. The monoisotopic (exact) mass is 281 g/mol. The molecule has 0 saturated carbocycles. The Labute approximate surface area is 122 Å². The summed E-state index contributed by atoms with van der Waals surface area (Å²) in [6, 6.07) is 5.43. The molecule has 0 saturated heterocycles. The molecule has 1 aromatic rings. The highest BCUT2D eigenvalue weighted by Gasteiger charge is 2.33. The Morgan fingerprint density at radius 1 is 1.15 bits per heavy atom. The molecular formula is C16H27NO3. The first-order chi connectivity index (χ1) is 9.35. The molecule has 0 spiro atoms. The first-order valence-electron chi connectivity index (χ1n) is 6.94. The van der Waals surface area contributed by atoms with Gasteiger partial charge in [0.05, 0.1) is 26.4 Å². The van der Waals surface area contributed by atoms with E-state index in [1.165, 1.54) is 0 Å². The second-order valence-corrected chi connectivity index (χ2v) is 5.88. The van der Waals surface area contributed by atoms with Gasteiger partial charge in [-0.15, -0.1) is 0 Å². The molecule has 1 rings (SSSR count). The summed E-state index contributed by atoms with van der Waals surface area (Å²) in [6.45, 7) is 9.00. The van der Waals surface area contributed by atoms with Crippen molar-refractivity contribution in [1.29, 1.82) is 0 Å². The molecule has 0 aromatic heterocycles. The lowest BCUT2D eigenvalue weighted by Crippen LogP contribution is -2.39. The maximum Gasteiger partial charge on any atom is 0.127 e. The summed E-state index contributed by atoms with van der Waals surface area (Å²) in [5, 5.41) is 0. The largest absolute Gasteiger partial charge is 0.497 e. The summed E-state index contributed by atoms with van der Waals surface area (Å²) in [7, 11) is 3.27. The van der Waals surface area contributed by atoms with Crippen LogP contribution in [0.2, 0.25) is 0 Å². The van der Waals surface area contributed by atoms with Crippen LogP contribution in [0.15, 0.2) is 18.2 Å². The van der Waals surface area contributed by atoms with E-state index in [9.17, 15) is 0 Å². The Bertz CT molecular complexity index is 426. The molecule has 114 valence electrons. The molecule has 4 heteroatoms. The molecule has 0 amide bonds. The average Bonchev–Trinajstić information content (AvgIpc) is 2.42. The normalized spacial score (nSPS) is 14.8. The van der Waals surface area contributed by atoms with Crippen molar-refractivity contribution in [2.75, 3.05) is 20.8 Å². The van der Waals surface area contributed by atoms with E-state index in [0.29, 0.717) is 6.61 Å². The number of nitrogens with two attached hydrogens (primary N) is 1. The average molecular weight is 281 g/mol. The maximum atomic E-state index is 6.43. The van der Waals surface area contributed by atoms with Gasteiger partial charge in [-0.05, 0) is 24.5 Å². The van der Waals surface area contributed by atoms with Crippen LogP contribution in [0.1, 0.15) is 39.3 Å². The SMILES string of the molecule is CCOC(C(N)c1ccc(OC)cc1OC)C(C)(C)C. The van der Waals surface area contributed by atoms with Crippen LogP contribution >= 0.6 is 0 Å². The second-order valence-electron chi connectivity index (χ2n) is 5.88. The van der Waals surface area contributed by atoms with Gasteiger partial charge in [-0.2, -0.15) is 0 Å². The molecule has 0 aliphatic carbocycles. The molecule has 0 aliphatic heterocycles. The molecule has 0 bridgehead atoms. The third-order valence-corrected chi connectivity index (χ3v) is 3.33. The number of benzene rings is 1. The summed E-state index contributed by atoms with van der Waals surface area (Å²) < 4.78 is 16.5. The van der Waals surface area contributed by atoms with E-state index in [-0.39, 0.29) is 17.6 Å². The van der Waals surface area contributed by atoms with Gasteiger partial charge in [-0.1, -0.05) is 20.8 Å². The van der Waals surface area contributed by atoms with Crippen LogP contribution in [0.25, 0.3) is 0 Å². The number of ether oxygens (including phenoxy) is 3. The van der Waals surface area contributed by atoms with Crippen molar-refractivity contribution in [1.82, 2.24) is 0 Å². The summed E-state index contributed by atoms with van der Waals surface area (Å²) in [6.07, 6.45) is -0.0882. The van der Waals surface area contributed by atoms with Crippen LogP contribution in [0.3, 0.4) is 0 Å². The summed E-state index contributed by atoms with van der Waals surface area (Å²) in [5.41, 5.74) is 7.31. The molecule has 1 aromatic carbocycles. The Morgan fingerprint density at radius 3 is 2.25 bits per heavy atom. The van der Waals surface area contributed by atoms with E-state index in [1.54, 1.807) is 14.2 Å². The lowest BCUT2D eigenvalue weighted by Gasteiger charge is -2.35. The lowest BCUT2D eigenvalue weighted by atomic mass is 9.82. The fraction of sp³-hybridized carbons (Fsp3) is 0.625. The quantitative estimate of drug-likeness (QED) is 0.870. The number of hydrogen-bond acceptors (Lipinski definition) is 4. The summed E-state index contributed by atoms with van der Waals surface area (Å²) in [5.74, 6) is 1.48. The molecule has 2 N–H and O–H groups in total. The van der Waals surface area contributed by atoms with Crippen molar-refractivity contribution in [3.63, 3.8) is 0 Å². The molecular weight excluding hydrogens is 254 g/mol. The molecule has 0 heterocycles. The van der Waals surface area contributed by atoms with Gasteiger partial charge in [0.1, 0.15) is 11.5 Å². The minimum absolute atomic E-state index is 0.0552. The predicted molar refractivity (Wildman–Crippen MR) is 81.3 cm³/mol. The molecule has 0 radical (unpaired) electrons. The zero-order valence-corrected chi connectivity index (χ0v) is 13.4. The molecule has 2 unspecified atom stereocenters. The standard InChI is InChI=1S/C16H27NO3/c1-7-20-15(16(2,3)4)14(17)12-9-8-11(18-5)10-13(12)19-6/h8-10,14-15H,7,17H2,1-6H3. The molecule has 0 aliphatic rings. The Morgan fingerprint density at radius 2 is 1.80 bits per heavy atom.